The molecule has 3 aromatic carbocycles. The van der Waals surface area contributed by atoms with Crippen molar-refractivity contribution in [2.75, 3.05) is 18.0 Å². The summed E-state index contributed by atoms with van der Waals surface area (Å²) in [6.07, 6.45) is 0.706. The van der Waals surface area contributed by atoms with Crippen molar-refractivity contribution >= 4 is 50.7 Å². The second kappa shape index (κ2) is 14.1. The van der Waals surface area contributed by atoms with Crippen LogP contribution in [0.15, 0.2) is 71.6 Å². The van der Waals surface area contributed by atoms with Crippen LogP contribution in [0.3, 0.4) is 0 Å². The summed E-state index contributed by atoms with van der Waals surface area (Å²) in [7, 11) is -2.72. The Balaban J connectivity index is 2.06. The zero-order chi connectivity index (χ0) is 30.3. The highest BCUT2D eigenvalue weighted by Crippen LogP contribution is 2.28. The monoisotopic (exact) mass is 619 g/mol. The summed E-state index contributed by atoms with van der Waals surface area (Å²) < 4.78 is 34.2. The average molecular weight is 621 g/mol. The highest BCUT2D eigenvalue weighted by molar-refractivity contribution is 7.92. The smallest absolute Gasteiger partial charge is 0.264 e. The van der Waals surface area contributed by atoms with Gasteiger partial charge in [0.2, 0.25) is 11.8 Å². The van der Waals surface area contributed by atoms with Gasteiger partial charge in [0.05, 0.1) is 27.7 Å². The first kappa shape index (κ1) is 32.2. The van der Waals surface area contributed by atoms with Gasteiger partial charge in [0, 0.05) is 18.7 Å². The number of rotatable bonds is 12. The van der Waals surface area contributed by atoms with Gasteiger partial charge in [0.15, 0.2) is 0 Å². The maximum Gasteiger partial charge on any atom is 0.264 e. The molecule has 11 heteroatoms. The summed E-state index contributed by atoms with van der Waals surface area (Å²) in [6.45, 7) is 6.71. The van der Waals surface area contributed by atoms with E-state index in [1.165, 1.54) is 24.1 Å². The van der Waals surface area contributed by atoms with Crippen molar-refractivity contribution in [1.82, 2.24) is 10.2 Å². The van der Waals surface area contributed by atoms with Gasteiger partial charge in [-0.1, -0.05) is 60.0 Å². The summed E-state index contributed by atoms with van der Waals surface area (Å²) in [5, 5.41) is 3.55. The van der Waals surface area contributed by atoms with E-state index < -0.39 is 28.5 Å². The zero-order valence-electron chi connectivity index (χ0n) is 23.7. The van der Waals surface area contributed by atoms with Gasteiger partial charge in [-0.25, -0.2) is 8.42 Å². The number of methoxy groups -OCH3 is 1. The molecule has 3 rings (SSSR count). The predicted octanol–water partition coefficient (Wildman–Crippen LogP) is 5.84. The van der Waals surface area contributed by atoms with Crippen LogP contribution < -0.4 is 14.4 Å². The Morgan fingerprint density at radius 1 is 0.976 bits per heavy atom. The molecule has 0 saturated heterocycles. The van der Waals surface area contributed by atoms with Gasteiger partial charge in [-0.05, 0) is 69.2 Å². The van der Waals surface area contributed by atoms with E-state index in [9.17, 15) is 18.0 Å². The van der Waals surface area contributed by atoms with Crippen LogP contribution in [0, 0.1) is 6.92 Å². The third-order valence-corrected chi connectivity index (χ3v) is 9.26. The highest BCUT2D eigenvalue weighted by atomic mass is 35.5. The Kier molecular flexibility index (Phi) is 11.1. The van der Waals surface area contributed by atoms with Crippen LogP contribution in [-0.2, 0) is 26.2 Å². The minimum atomic E-state index is -4.19. The summed E-state index contributed by atoms with van der Waals surface area (Å²) in [5.41, 5.74) is 1.76. The maximum atomic E-state index is 14.0. The standard InChI is InChI=1S/C30H35Cl2N3O5S/c1-6-21(3)33-30(37)22(4)34(18-23-12-15-27(31)28(32)16-23)29(36)19-35(24-8-7-9-25(17-24)40-5)41(38,39)26-13-10-20(2)11-14-26/h7-17,21-22H,6,18-19H2,1-5H3,(H,33,37)/t21-,22-/m1/s1. The largest absolute Gasteiger partial charge is 0.497 e. The first-order valence-electron chi connectivity index (χ1n) is 13.1. The summed E-state index contributed by atoms with van der Waals surface area (Å²) in [5.74, 6) is -0.517. The molecule has 0 radical (unpaired) electrons. The molecule has 2 amide bonds. The molecule has 0 aliphatic rings. The van der Waals surface area contributed by atoms with E-state index in [1.807, 2.05) is 20.8 Å². The lowest BCUT2D eigenvalue weighted by molar-refractivity contribution is -0.139. The Morgan fingerprint density at radius 3 is 2.27 bits per heavy atom. The van der Waals surface area contributed by atoms with E-state index in [0.29, 0.717) is 27.8 Å². The molecule has 0 aromatic heterocycles. The number of sulfonamides is 1. The topological polar surface area (TPSA) is 96.0 Å². The lowest BCUT2D eigenvalue weighted by Gasteiger charge is -2.32. The number of ether oxygens (including phenoxy) is 1. The minimum Gasteiger partial charge on any atom is -0.497 e. The van der Waals surface area contributed by atoms with E-state index in [4.69, 9.17) is 27.9 Å². The number of carbonyl (C=O) groups excluding carboxylic acids is 2. The third-order valence-electron chi connectivity index (χ3n) is 6.73. The Morgan fingerprint density at radius 2 is 1.66 bits per heavy atom. The first-order chi connectivity index (χ1) is 19.4. The average Bonchev–Trinajstić information content (AvgIpc) is 2.95. The van der Waals surface area contributed by atoms with Crippen molar-refractivity contribution in [3.8, 4) is 5.75 Å². The molecule has 8 nitrogen and oxygen atoms in total. The molecule has 0 bridgehead atoms. The molecule has 0 saturated carbocycles. The van der Waals surface area contributed by atoms with Crippen LogP contribution in [0.4, 0.5) is 5.69 Å². The SMILES string of the molecule is CC[C@@H](C)NC(=O)[C@@H](C)N(Cc1ccc(Cl)c(Cl)c1)C(=O)CN(c1cccc(OC)c1)S(=O)(=O)c1ccc(C)cc1. The number of nitrogens with zero attached hydrogens (tertiary/aromatic N) is 2. The molecule has 0 aliphatic heterocycles. The second-order valence-corrected chi connectivity index (χ2v) is 12.5. The van der Waals surface area contributed by atoms with Gasteiger partial charge in [0.1, 0.15) is 18.3 Å². The molecule has 41 heavy (non-hydrogen) atoms. The van der Waals surface area contributed by atoms with Crippen molar-refractivity contribution < 1.29 is 22.7 Å². The molecule has 3 aromatic rings. The van der Waals surface area contributed by atoms with Gasteiger partial charge in [-0.2, -0.15) is 0 Å². The molecule has 0 heterocycles. The van der Waals surface area contributed by atoms with Crippen molar-refractivity contribution in [2.45, 2.75) is 57.6 Å². The van der Waals surface area contributed by atoms with Crippen LogP contribution in [0.25, 0.3) is 0 Å². The summed E-state index contributed by atoms with van der Waals surface area (Å²) in [6, 6.07) is 16.7. The van der Waals surface area contributed by atoms with E-state index in [0.717, 1.165) is 9.87 Å². The third kappa shape index (κ3) is 8.15. The lowest BCUT2D eigenvalue weighted by Crippen LogP contribution is -2.52. The van der Waals surface area contributed by atoms with Crippen LogP contribution >= 0.6 is 23.2 Å². The van der Waals surface area contributed by atoms with E-state index >= 15 is 0 Å². The molecule has 0 unspecified atom stereocenters. The number of amides is 2. The van der Waals surface area contributed by atoms with Crippen LogP contribution in [0.1, 0.15) is 38.3 Å². The van der Waals surface area contributed by atoms with Gasteiger partial charge >= 0.3 is 0 Å². The number of anilines is 1. The summed E-state index contributed by atoms with van der Waals surface area (Å²) in [4.78, 5) is 28.5. The van der Waals surface area contributed by atoms with E-state index in [1.54, 1.807) is 61.5 Å². The number of carbonyl (C=O) groups is 2. The number of nitrogens with one attached hydrogen (secondary N) is 1. The molecule has 0 aliphatic carbocycles. The molecule has 1 N–H and O–H groups in total. The minimum absolute atomic E-state index is 0.00133. The Hall–Kier alpha value is -3.27. The molecule has 2 atom stereocenters. The number of halogens is 2. The van der Waals surface area contributed by atoms with Gasteiger partial charge in [0.25, 0.3) is 10.0 Å². The first-order valence-corrected chi connectivity index (χ1v) is 15.3. The molecular formula is C30H35Cl2N3O5S. The quantitative estimate of drug-likeness (QED) is 0.275. The van der Waals surface area contributed by atoms with Gasteiger partial charge in [-0.15, -0.1) is 0 Å². The summed E-state index contributed by atoms with van der Waals surface area (Å²) >= 11 is 12.3. The van der Waals surface area contributed by atoms with Crippen LogP contribution in [-0.4, -0.2) is 50.9 Å². The van der Waals surface area contributed by atoms with Crippen molar-refractivity contribution in [3.05, 3.63) is 87.9 Å². The molecule has 220 valence electrons. The van der Waals surface area contributed by atoms with Crippen LogP contribution in [0.5, 0.6) is 5.75 Å². The second-order valence-electron chi connectivity index (χ2n) is 9.79. The fourth-order valence-corrected chi connectivity index (χ4v) is 5.74. The Bertz CT molecular complexity index is 1480. The van der Waals surface area contributed by atoms with Crippen LogP contribution in [0.2, 0.25) is 10.0 Å². The molecule has 0 fully saturated rings. The number of benzene rings is 3. The zero-order valence-corrected chi connectivity index (χ0v) is 26.1. The predicted molar refractivity (Wildman–Crippen MR) is 163 cm³/mol. The van der Waals surface area contributed by atoms with Gasteiger partial charge < -0.3 is 15.0 Å². The van der Waals surface area contributed by atoms with Gasteiger partial charge in [-0.3, -0.25) is 13.9 Å². The Labute approximate surface area is 252 Å². The van der Waals surface area contributed by atoms with Crippen molar-refractivity contribution in [1.29, 1.82) is 0 Å². The van der Waals surface area contributed by atoms with E-state index in [2.05, 4.69) is 5.32 Å². The van der Waals surface area contributed by atoms with E-state index in [-0.39, 0.29) is 29.1 Å². The number of hydrogen-bond acceptors (Lipinski definition) is 5. The number of hydrogen-bond donors (Lipinski definition) is 1. The van der Waals surface area contributed by atoms with Crippen molar-refractivity contribution in [2.24, 2.45) is 0 Å². The highest BCUT2D eigenvalue weighted by Gasteiger charge is 2.33. The maximum absolute atomic E-state index is 14.0. The number of aryl methyl sites for hydroxylation is 1. The molecule has 0 spiro atoms. The molecular weight excluding hydrogens is 585 g/mol. The fraction of sp³-hybridized carbons (Fsp3) is 0.333. The van der Waals surface area contributed by atoms with Crippen molar-refractivity contribution in [3.63, 3.8) is 0 Å². The lowest BCUT2D eigenvalue weighted by atomic mass is 10.1. The normalized spacial score (nSPS) is 12.8. The fourth-order valence-electron chi connectivity index (χ4n) is 4.01.